The van der Waals surface area contributed by atoms with Crippen molar-refractivity contribution in [3.8, 4) is 5.69 Å². The van der Waals surface area contributed by atoms with Crippen LogP contribution in [-0.4, -0.2) is 27.4 Å². The van der Waals surface area contributed by atoms with E-state index in [2.05, 4.69) is 10.4 Å². The van der Waals surface area contributed by atoms with Crippen molar-refractivity contribution >= 4 is 11.6 Å². The lowest BCUT2D eigenvalue weighted by Gasteiger charge is -2.07. The Morgan fingerprint density at radius 2 is 1.83 bits per heavy atom. The molecule has 5 heteroatoms. The molecule has 24 heavy (non-hydrogen) atoms. The van der Waals surface area contributed by atoms with Crippen molar-refractivity contribution in [2.24, 2.45) is 0 Å². The first-order valence-electron chi connectivity index (χ1n) is 7.78. The van der Waals surface area contributed by atoms with E-state index in [0.717, 1.165) is 22.5 Å². The molecule has 0 bridgehead atoms. The first kappa shape index (κ1) is 16.0. The third-order valence-electron chi connectivity index (χ3n) is 3.72. The van der Waals surface area contributed by atoms with Crippen LogP contribution in [0.2, 0.25) is 0 Å². The summed E-state index contributed by atoms with van der Waals surface area (Å²) < 4.78 is 1.77. The summed E-state index contributed by atoms with van der Waals surface area (Å²) in [6.45, 7) is 2.10. The summed E-state index contributed by atoms with van der Waals surface area (Å²) in [6.07, 6.45) is 4.34. The first-order chi connectivity index (χ1) is 11.7. The Kier molecular flexibility index (Phi) is 4.72. The zero-order valence-corrected chi connectivity index (χ0v) is 13.4. The Morgan fingerprint density at radius 3 is 2.42 bits per heavy atom. The highest BCUT2D eigenvalue weighted by atomic mass is 16.3. The van der Waals surface area contributed by atoms with Crippen LogP contribution in [0.15, 0.2) is 60.9 Å². The highest BCUT2D eigenvalue weighted by molar-refractivity contribution is 6.04. The Hall–Kier alpha value is -2.92. The van der Waals surface area contributed by atoms with Crippen LogP contribution < -0.4 is 5.32 Å². The van der Waals surface area contributed by atoms with Crippen LogP contribution in [0.3, 0.4) is 0 Å². The molecule has 0 aliphatic rings. The molecule has 1 aromatic heterocycles. The van der Waals surface area contributed by atoms with Crippen LogP contribution in [-0.2, 0) is 6.42 Å². The number of aliphatic hydroxyl groups excluding tert-OH is 1. The van der Waals surface area contributed by atoms with Gasteiger partial charge in [0.2, 0.25) is 0 Å². The molecule has 0 saturated carbocycles. The molecule has 0 fully saturated rings. The van der Waals surface area contributed by atoms with Gasteiger partial charge in [-0.05, 0) is 60.9 Å². The minimum Gasteiger partial charge on any atom is -0.396 e. The number of anilines is 1. The lowest BCUT2D eigenvalue weighted by atomic mass is 10.1. The van der Waals surface area contributed by atoms with Gasteiger partial charge < -0.3 is 10.4 Å². The molecule has 1 amide bonds. The van der Waals surface area contributed by atoms with E-state index in [9.17, 15) is 4.79 Å². The van der Waals surface area contributed by atoms with E-state index in [1.165, 1.54) is 0 Å². The van der Waals surface area contributed by atoms with E-state index in [0.29, 0.717) is 12.0 Å². The van der Waals surface area contributed by atoms with Gasteiger partial charge in [0.25, 0.3) is 5.91 Å². The normalized spacial score (nSPS) is 10.6. The molecule has 122 valence electrons. The number of rotatable bonds is 5. The second kappa shape index (κ2) is 7.10. The number of aromatic nitrogens is 2. The predicted molar refractivity (Wildman–Crippen MR) is 93.5 cm³/mol. The number of carbonyl (C=O) groups is 1. The van der Waals surface area contributed by atoms with Crippen LogP contribution in [0.25, 0.3) is 5.69 Å². The minimum absolute atomic E-state index is 0.119. The molecule has 0 radical (unpaired) electrons. The second-order valence-corrected chi connectivity index (χ2v) is 5.63. The molecule has 2 aromatic carbocycles. The monoisotopic (exact) mass is 321 g/mol. The molecule has 0 saturated heterocycles. The Labute approximate surface area is 140 Å². The van der Waals surface area contributed by atoms with Gasteiger partial charge >= 0.3 is 0 Å². The average molecular weight is 321 g/mol. The smallest absolute Gasteiger partial charge is 0.255 e. The Bertz CT molecular complexity index is 821. The fraction of sp³-hybridized carbons (Fsp3) is 0.158. The molecule has 3 rings (SSSR count). The number of hydrogen-bond donors (Lipinski definition) is 2. The van der Waals surface area contributed by atoms with Crippen LogP contribution in [0.1, 0.15) is 21.5 Å². The molecular formula is C19H19N3O2. The largest absolute Gasteiger partial charge is 0.396 e. The molecule has 0 aliphatic carbocycles. The quantitative estimate of drug-likeness (QED) is 0.759. The van der Waals surface area contributed by atoms with E-state index >= 15 is 0 Å². The van der Waals surface area contributed by atoms with Gasteiger partial charge in [-0.1, -0.05) is 12.1 Å². The maximum absolute atomic E-state index is 12.3. The lowest BCUT2D eigenvalue weighted by molar-refractivity contribution is 0.102. The number of amides is 1. The van der Waals surface area contributed by atoms with Crippen molar-refractivity contribution in [1.82, 2.24) is 9.78 Å². The predicted octanol–water partition coefficient (Wildman–Crippen LogP) is 2.97. The standard InChI is InChI=1S/C19H19N3O2/c1-14-12-20-22(13-14)18-8-4-16(5-9-18)19(24)21-17-6-2-15(3-7-17)10-11-23/h2-9,12-13,23H,10-11H2,1H3,(H,21,24). The van der Waals surface area contributed by atoms with Crippen molar-refractivity contribution < 1.29 is 9.90 Å². The average Bonchev–Trinajstić information content (AvgIpc) is 3.03. The number of benzene rings is 2. The highest BCUT2D eigenvalue weighted by Crippen LogP contribution is 2.14. The van der Waals surface area contributed by atoms with Crippen molar-refractivity contribution in [2.45, 2.75) is 13.3 Å². The number of aliphatic hydroxyl groups is 1. The summed E-state index contributed by atoms with van der Waals surface area (Å²) in [7, 11) is 0. The van der Waals surface area contributed by atoms with Gasteiger partial charge in [-0.3, -0.25) is 4.79 Å². The van der Waals surface area contributed by atoms with Crippen molar-refractivity contribution in [3.05, 3.63) is 77.6 Å². The zero-order chi connectivity index (χ0) is 16.9. The third kappa shape index (κ3) is 3.70. The molecular weight excluding hydrogens is 302 g/mol. The number of hydrogen-bond acceptors (Lipinski definition) is 3. The van der Waals surface area contributed by atoms with Crippen LogP contribution in [0.4, 0.5) is 5.69 Å². The van der Waals surface area contributed by atoms with Gasteiger partial charge in [-0.2, -0.15) is 5.10 Å². The van der Waals surface area contributed by atoms with Crippen LogP contribution in [0, 0.1) is 6.92 Å². The van der Waals surface area contributed by atoms with Gasteiger partial charge in [-0.25, -0.2) is 4.68 Å². The van der Waals surface area contributed by atoms with Gasteiger partial charge in [0.1, 0.15) is 0 Å². The minimum atomic E-state index is -0.159. The summed E-state index contributed by atoms with van der Waals surface area (Å²) in [5, 5.41) is 16.0. The van der Waals surface area contributed by atoms with Crippen LogP contribution >= 0.6 is 0 Å². The van der Waals surface area contributed by atoms with Gasteiger partial charge in [0.15, 0.2) is 0 Å². The van der Waals surface area contributed by atoms with E-state index < -0.39 is 0 Å². The Morgan fingerprint density at radius 1 is 1.12 bits per heavy atom. The SMILES string of the molecule is Cc1cnn(-c2ccc(C(=O)Nc3ccc(CCO)cc3)cc2)c1. The first-order valence-corrected chi connectivity index (χ1v) is 7.78. The highest BCUT2D eigenvalue weighted by Gasteiger charge is 2.07. The van der Waals surface area contributed by atoms with E-state index in [4.69, 9.17) is 5.11 Å². The maximum atomic E-state index is 12.3. The number of nitrogens with one attached hydrogen (secondary N) is 1. The molecule has 0 aliphatic heterocycles. The summed E-state index contributed by atoms with van der Waals surface area (Å²) >= 11 is 0. The molecule has 2 N–H and O–H groups in total. The molecule has 0 atom stereocenters. The Balaban J connectivity index is 1.68. The topological polar surface area (TPSA) is 67.2 Å². The second-order valence-electron chi connectivity index (χ2n) is 5.63. The third-order valence-corrected chi connectivity index (χ3v) is 3.72. The molecule has 1 heterocycles. The number of aryl methyl sites for hydroxylation is 1. The summed E-state index contributed by atoms with van der Waals surface area (Å²) in [4.78, 5) is 12.3. The molecule has 0 spiro atoms. The molecule has 5 nitrogen and oxygen atoms in total. The van der Waals surface area contributed by atoms with Gasteiger partial charge in [0.05, 0.1) is 11.9 Å². The molecule has 3 aromatic rings. The fourth-order valence-electron chi connectivity index (χ4n) is 2.41. The number of nitrogens with zero attached hydrogens (tertiary/aromatic N) is 2. The van der Waals surface area contributed by atoms with Crippen molar-refractivity contribution in [1.29, 1.82) is 0 Å². The van der Waals surface area contributed by atoms with Crippen LogP contribution in [0.5, 0.6) is 0 Å². The van der Waals surface area contributed by atoms with Crippen molar-refractivity contribution in [3.63, 3.8) is 0 Å². The van der Waals surface area contributed by atoms with E-state index in [-0.39, 0.29) is 12.5 Å². The summed E-state index contributed by atoms with van der Waals surface area (Å²) in [5.74, 6) is -0.159. The van der Waals surface area contributed by atoms with Crippen molar-refractivity contribution in [2.75, 3.05) is 11.9 Å². The van der Waals surface area contributed by atoms with E-state index in [1.54, 1.807) is 23.0 Å². The van der Waals surface area contributed by atoms with Gasteiger partial charge in [0, 0.05) is 24.1 Å². The fourth-order valence-corrected chi connectivity index (χ4v) is 2.41. The van der Waals surface area contributed by atoms with Gasteiger partial charge in [-0.15, -0.1) is 0 Å². The summed E-state index contributed by atoms with van der Waals surface area (Å²) in [6, 6.07) is 14.8. The number of carbonyl (C=O) groups excluding carboxylic acids is 1. The zero-order valence-electron chi connectivity index (χ0n) is 13.4. The lowest BCUT2D eigenvalue weighted by Crippen LogP contribution is -2.12. The van der Waals surface area contributed by atoms with E-state index in [1.807, 2.05) is 49.5 Å². The maximum Gasteiger partial charge on any atom is 0.255 e. The molecule has 0 unspecified atom stereocenters. The summed E-state index contributed by atoms with van der Waals surface area (Å²) in [5.41, 5.74) is 4.35.